The average Bonchev–Trinajstić information content (AvgIpc) is 3.28. The fourth-order valence-electron chi connectivity index (χ4n) is 3.82. The van der Waals surface area contributed by atoms with Crippen molar-refractivity contribution in [2.45, 2.75) is 18.7 Å². The number of nitrogens with one attached hydrogen (secondary N) is 1. The van der Waals surface area contributed by atoms with Crippen molar-refractivity contribution < 1.29 is 45.8 Å². The van der Waals surface area contributed by atoms with E-state index < -0.39 is 23.9 Å². The molecule has 1 unspecified atom stereocenters. The Bertz CT molecular complexity index is 1300. The zero-order valence-electron chi connectivity index (χ0n) is 21.0. The van der Waals surface area contributed by atoms with E-state index in [1.165, 1.54) is 44.5 Å². The molecule has 0 aliphatic carbocycles. The molecule has 1 atom stereocenters. The molecular formula is C26H24F5N3O5. The zero-order chi connectivity index (χ0) is 28.7. The van der Waals surface area contributed by atoms with Gasteiger partial charge in [-0.05, 0) is 30.3 Å². The molecule has 1 saturated heterocycles. The minimum absolute atomic E-state index is 0.0130. The van der Waals surface area contributed by atoms with Crippen molar-refractivity contribution in [1.82, 2.24) is 10.3 Å². The Morgan fingerprint density at radius 2 is 1.59 bits per heavy atom. The average molecular weight is 553 g/mol. The largest absolute Gasteiger partial charge is 0.573 e. The number of methoxy groups -OCH3 is 2. The second-order valence-corrected chi connectivity index (χ2v) is 8.12. The highest BCUT2D eigenvalue weighted by Gasteiger charge is 2.36. The van der Waals surface area contributed by atoms with Crippen LogP contribution in [-0.2, 0) is 4.79 Å². The monoisotopic (exact) mass is 553 g/mol. The molecule has 3 aromatic rings. The summed E-state index contributed by atoms with van der Waals surface area (Å²) in [4.78, 5) is 28.9. The molecule has 39 heavy (non-hydrogen) atoms. The molecule has 1 aliphatic heterocycles. The third kappa shape index (κ3) is 7.55. The third-order valence-electron chi connectivity index (χ3n) is 5.63. The van der Waals surface area contributed by atoms with E-state index in [4.69, 9.17) is 9.47 Å². The molecule has 0 bridgehead atoms. The number of amides is 2. The summed E-state index contributed by atoms with van der Waals surface area (Å²) >= 11 is 0. The van der Waals surface area contributed by atoms with Crippen LogP contribution in [0.4, 0.5) is 27.8 Å². The fourth-order valence-corrected chi connectivity index (χ4v) is 3.82. The quantitative estimate of drug-likeness (QED) is 0.440. The molecule has 1 N–H and O–H groups in total. The lowest BCUT2D eigenvalue weighted by Crippen LogP contribution is -2.25. The number of rotatable bonds is 6. The lowest BCUT2D eigenvalue weighted by atomic mass is 9.97. The van der Waals surface area contributed by atoms with Crippen LogP contribution in [0.15, 0.2) is 54.7 Å². The van der Waals surface area contributed by atoms with Crippen molar-refractivity contribution in [3.8, 4) is 17.2 Å². The van der Waals surface area contributed by atoms with Crippen molar-refractivity contribution >= 4 is 17.6 Å². The highest BCUT2D eigenvalue weighted by molar-refractivity contribution is 5.96. The maximum absolute atomic E-state index is 14.2. The molecular weight excluding hydrogens is 529 g/mol. The summed E-state index contributed by atoms with van der Waals surface area (Å²) in [5, 5.41) is 2.35. The van der Waals surface area contributed by atoms with Crippen LogP contribution in [0.25, 0.3) is 0 Å². The number of nitrogens with zero attached hydrogens (tertiary/aromatic N) is 2. The van der Waals surface area contributed by atoms with Crippen molar-refractivity contribution in [1.29, 1.82) is 0 Å². The van der Waals surface area contributed by atoms with E-state index in [2.05, 4.69) is 15.0 Å². The maximum Gasteiger partial charge on any atom is 0.573 e. The Morgan fingerprint density at radius 1 is 0.974 bits per heavy atom. The third-order valence-corrected chi connectivity index (χ3v) is 5.63. The highest BCUT2D eigenvalue weighted by atomic mass is 19.4. The van der Waals surface area contributed by atoms with E-state index in [1.807, 2.05) is 0 Å². The van der Waals surface area contributed by atoms with Crippen molar-refractivity contribution in [3.05, 3.63) is 77.5 Å². The van der Waals surface area contributed by atoms with Gasteiger partial charge in [-0.1, -0.05) is 0 Å². The summed E-state index contributed by atoms with van der Waals surface area (Å²) in [5.41, 5.74) is 0.168. The van der Waals surface area contributed by atoms with Gasteiger partial charge in [0.2, 0.25) is 5.91 Å². The number of pyridine rings is 1. The minimum Gasteiger partial charge on any atom is -0.497 e. The minimum atomic E-state index is -4.71. The van der Waals surface area contributed by atoms with Crippen molar-refractivity contribution in [2.24, 2.45) is 0 Å². The fraction of sp³-hybridized carbons (Fsp3) is 0.269. The Balaban J connectivity index is 0.000000242. The Labute approximate surface area is 220 Å². The number of carbonyl (C=O) groups is 2. The molecule has 2 amide bonds. The summed E-state index contributed by atoms with van der Waals surface area (Å²) in [6, 6.07) is 10.2. The second kappa shape index (κ2) is 12.4. The van der Waals surface area contributed by atoms with Gasteiger partial charge >= 0.3 is 6.36 Å². The number of aromatic nitrogens is 1. The molecule has 1 aliphatic rings. The summed E-state index contributed by atoms with van der Waals surface area (Å²) in [6.45, 7) is 0.152. The molecule has 0 radical (unpaired) electrons. The van der Waals surface area contributed by atoms with Crippen LogP contribution >= 0.6 is 0 Å². The summed E-state index contributed by atoms with van der Waals surface area (Å²) in [7, 11) is 4.28. The number of ether oxygens (including phenoxy) is 3. The summed E-state index contributed by atoms with van der Waals surface area (Å²) in [5.74, 6) is -1.93. The van der Waals surface area contributed by atoms with Gasteiger partial charge in [0, 0.05) is 61.5 Å². The molecule has 2 aromatic carbocycles. The Hall–Kier alpha value is -4.42. The van der Waals surface area contributed by atoms with Gasteiger partial charge in [-0.2, -0.15) is 0 Å². The van der Waals surface area contributed by atoms with E-state index in [-0.39, 0.29) is 47.4 Å². The van der Waals surface area contributed by atoms with Gasteiger partial charge in [-0.25, -0.2) is 13.8 Å². The first-order valence-electron chi connectivity index (χ1n) is 11.4. The molecule has 0 saturated carbocycles. The molecule has 8 nitrogen and oxygen atoms in total. The van der Waals surface area contributed by atoms with Crippen molar-refractivity contribution in [2.75, 3.05) is 32.7 Å². The van der Waals surface area contributed by atoms with Gasteiger partial charge < -0.3 is 19.5 Å². The van der Waals surface area contributed by atoms with E-state index in [1.54, 1.807) is 12.1 Å². The van der Waals surface area contributed by atoms with Gasteiger partial charge in [0.05, 0.1) is 14.2 Å². The zero-order valence-corrected chi connectivity index (χ0v) is 21.0. The number of hydrogen-bond donors (Lipinski definition) is 1. The normalized spacial score (nSPS) is 14.8. The molecule has 1 fully saturated rings. The molecule has 208 valence electrons. The Kier molecular flexibility index (Phi) is 9.28. The van der Waals surface area contributed by atoms with Crippen molar-refractivity contribution in [3.63, 3.8) is 0 Å². The number of halogens is 5. The first kappa shape index (κ1) is 29.1. The van der Waals surface area contributed by atoms with Gasteiger partial charge in [-0.3, -0.25) is 14.5 Å². The molecule has 4 rings (SSSR count). The molecule has 0 spiro atoms. The van der Waals surface area contributed by atoms with Gasteiger partial charge in [0.25, 0.3) is 5.91 Å². The lowest BCUT2D eigenvalue weighted by molar-refractivity contribution is -0.274. The van der Waals surface area contributed by atoms with Gasteiger partial charge in [-0.15, -0.1) is 13.2 Å². The van der Waals surface area contributed by atoms with Crippen LogP contribution in [0.5, 0.6) is 17.2 Å². The van der Waals surface area contributed by atoms with E-state index in [0.717, 1.165) is 24.3 Å². The highest BCUT2D eigenvalue weighted by Crippen LogP contribution is 2.36. The predicted molar refractivity (Wildman–Crippen MR) is 130 cm³/mol. The van der Waals surface area contributed by atoms with Crippen LogP contribution in [0.1, 0.15) is 28.3 Å². The standard InChI is InChI=1S/C17H16F2N2O3.C9H8F3NO2/c1-23-11-3-4-20-15(8-11)21-9-10(5-16(21)22)17-13(18)6-12(24-2)7-14(17)19;1-13-8(14)6-2-4-7(5-3-6)15-9(10,11)12/h3-4,6-8,10H,5,9H2,1-2H3;2-5H,1H3,(H,13,14). The van der Waals surface area contributed by atoms with Crippen LogP contribution in [-0.4, -0.2) is 51.0 Å². The van der Waals surface area contributed by atoms with Crippen LogP contribution in [0, 0.1) is 11.6 Å². The number of anilines is 1. The van der Waals surface area contributed by atoms with E-state index >= 15 is 0 Å². The second-order valence-electron chi connectivity index (χ2n) is 8.12. The first-order valence-corrected chi connectivity index (χ1v) is 11.4. The summed E-state index contributed by atoms with van der Waals surface area (Å²) < 4.78 is 77.4. The molecule has 1 aromatic heterocycles. The van der Waals surface area contributed by atoms with Gasteiger partial charge in [0.15, 0.2) is 0 Å². The number of benzene rings is 2. The lowest BCUT2D eigenvalue weighted by Gasteiger charge is -2.17. The number of hydrogen-bond acceptors (Lipinski definition) is 6. The topological polar surface area (TPSA) is 90.0 Å². The van der Waals surface area contributed by atoms with E-state index in [0.29, 0.717) is 11.6 Å². The van der Waals surface area contributed by atoms with Crippen LogP contribution in [0.3, 0.4) is 0 Å². The number of carbonyl (C=O) groups excluding carboxylic acids is 2. The smallest absolute Gasteiger partial charge is 0.497 e. The molecule has 13 heteroatoms. The first-order chi connectivity index (χ1) is 18.4. The maximum atomic E-state index is 14.2. The SMILES string of the molecule is CNC(=O)c1ccc(OC(F)(F)F)cc1.COc1ccnc(N2CC(c3c(F)cc(OC)cc3F)CC2=O)c1. The summed E-state index contributed by atoms with van der Waals surface area (Å²) in [6.07, 6.45) is -3.18. The Morgan fingerprint density at radius 3 is 2.13 bits per heavy atom. The molecule has 2 heterocycles. The van der Waals surface area contributed by atoms with Crippen LogP contribution < -0.4 is 24.4 Å². The van der Waals surface area contributed by atoms with E-state index in [9.17, 15) is 31.5 Å². The number of alkyl halides is 3. The van der Waals surface area contributed by atoms with Crippen LogP contribution in [0.2, 0.25) is 0 Å². The predicted octanol–water partition coefficient (Wildman–Crippen LogP) is 4.84. The van der Waals surface area contributed by atoms with Gasteiger partial charge in [0.1, 0.15) is 34.7 Å².